The third-order valence-electron chi connectivity index (χ3n) is 3.29. The summed E-state index contributed by atoms with van der Waals surface area (Å²) in [5, 5.41) is 4.26. The summed E-state index contributed by atoms with van der Waals surface area (Å²) >= 11 is 5.87. The van der Waals surface area contributed by atoms with Gasteiger partial charge in [0.25, 0.3) is 0 Å². The normalized spacial score (nSPS) is 9.59. The molecule has 0 saturated carbocycles. The molecule has 2 aromatic carbocycles. The second-order valence-corrected chi connectivity index (χ2v) is 5.55. The standard InChI is InChI=1S/C17H21ClN2.2ClH/c1-20(2)17-9-5-15(6-10-17)13-19-12-11-14-3-7-16(18)8-4-14;;/h3-10,19H,11-13H2,1-2H3;2*1H. The van der Waals surface area contributed by atoms with Gasteiger partial charge in [-0.25, -0.2) is 0 Å². The Bertz CT molecular complexity index is 525. The fourth-order valence-electron chi connectivity index (χ4n) is 2.03. The van der Waals surface area contributed by atoms with Crippen molar-refractivity contribution in [2.24, 2.45) is 0 Å². The van der Waals surface area contributed by atoms with Gasteiger partial charge in [0.2, 0.25) is 0 Å². The first-order chi connectivity index (χ1) is 9.65. The Morgan fingerprint density at radius 2 is 1.41 bits per heavy atom. The zero-order valence-electron chi connectivity index (χ0n) is 12.9. The molecule has 0 atom stereocenters. The Morgan fingerprint density at radius 1 is 0.864 bits per heavy atom. The summed E-state index contributed by atoms with van der Waals surface area (Å²) in [5.41, 5.74) is 3.85. The highest BCUT2D eigenvalue weighted by atomic mass is 35.5. The van der Waals surface area contributed by atoms with Gasteiger partial charge in [-0.3, -0.25) is 0 Å². The van der Waals surface area contributed by atoms with Crippen LogP contribution in [0.2, 0.25) is 5.02 Å². The lowest BCUT2D eigenvalue weighted by atomic mass is 10.1. The Labute approximate surface area is 150 Å². The first kappa shape index (κ1) is 21.1. The average Bonchev–Trinajstić information content (AvgIpc) is 2.46. The molecule has 122 valence electrons. The number of rotatable bonds is 6. The maximum atomic E-state index is 5.87. The van der Waals surface area contributed by atoms with Gasteiger partial charge in [-0.05, 0) is 48.4 Å². The monoisotopic (exact) mass is 360 g/mol. The second-order valence-electron chi connectivity index (χ2n) is 5.11. The fourth-order valence-corrected chi connectivity index (χ4v) is 2.15. The van der Waals surface area contributed by atoms with Gasteiger partial charge in [0, 0.05) is 31.4 Å². The van der Waals surface area contributed by atoms with Gasteiger partial charge < -0.3 is 10.2 Å². The molecule has 0 saturated heterocycles. The molecular weight excluding hydrogens is 339 g/mol. The van der Waals surface area contributed by atoms with Gasteiger partial charge in [0.1, 0.15) is 0 Å². The van der Waals surface area contributed by atoms with Crippen LogP contribution in [0.5, 0.6) is 0 Å². The van der Waals surface area contributed by atoms with E-state index >= 15 is 0 Å². The molecule has 0 heterocycles. The molecule has 0 aliphatic carbocycles. The van der Waals surface area contributed by atoms with Gasteiger partial charge in [-0.2, -0.15) is 0 Å². The second kappa shape index (κ2) is 10.7. The molecule has 0 aromatic heterocycles. The van der Waals surface area contributed by atoms with Crippen LogP contribution in [0.3, 0.4) is 0 Å². The van der Waals surface area contributed by atoms with Crippen LogP contribution in [-0.2, 0) is 13.0 Å². The molecule has 0 radical (unpaired) electrons. The first-order valence-electron chi connectivity index (χ1n) is 6.86. The molecule has 0 amide bonds. The van der Waals surface area contributed by atoms with E-state index in [0.29, 0.717) is 0 Å². The van der Waals surface area contributed by atoms with E-state index in [0.717, 1.165) is 24.5 Å². The minimum atomic E-state index is 0. The van der Waals surface area contributed by atoms with E-state index in [1.165, 1.54) is 16.8 Å². The van der Waals surface area contributed by atoms with Crippen molar-refractivity contribution < 1.29 is 0 Å². The highest BCUT2D eigenvalue weighted by Gasteiger charge is 1.97. The molecule has 2 nitrogen and oxygen atoms in total. The lowest BCUT2D eigenvalue weighted by Gasteiger charge is -2.13. The smallest absolute Gasteiger partial charge is 0.0406 e. The van der Waals surface area contributed by atoms with Crippen LogP contribution in [0.1, 0.15) is 11.1 Å². The molecular formula is C17H23Cl3N2. The van der Waals surface area contributed by atoms with Crippen LogP contribution >= 0.6 is 36.4 Å². The van der Waals surface area contributed by atoms with Crippen LogP contribution in [0.15, 0.2) is 48.5 Å². The lowest BCUT2D eigenvalue weighted by Crippen LogP contribution is -2.16. The van der Waals surface area contributed by atoms with E-state index in [-0.39, 0.29) is 24.8 Å². The molecule has 5 heteroatoms. The van der Waals surface area contributed by atoms with E-state index < -0.39 is 0 Å². The Balaban J connectivity index is 0.00000220. The molecule has 2 rings (SSSR count). The molecule has 0 unspecified atom stereocenters. The molecule has 2 aromatic rings. The van der Waals surface area contributed by atoms with Crippen molar-refractivity contribution in [3.05, 3.63) is 64.7 Å². The zero-order valence-corrected chi connectivity index (χ0v) is 15.3. The van der Waals surface area contributed by atoms with Crippen LogP contribution in [-0.4, -0.2) is 20.6 Å². The molecule has 22 heavy (non-hydrogen) atoms. The zero-order chi connectivity index (χ0) is 14.4. The van der Waals surface area contributed by atoms with Crippen molar-refractivity contribution in [1.29, 1.82) is 0 Å². The largest absolute Gasteiger partial charge is 0.378 e. The summed E-state index contributed by atoms with van der Waals surface area (Å²) in [6.45, 7) is 1.87. The molecule has 1 N–H and O–H groups in total. The number of anilines is 1. The third kappa shape index (κ3) is 6.89. The summed E-state index contributed by atoms with van der Waals surface area (Å²) in [4.78, 5) is 2.11. The summed E-state index contributed by atoms with van der Waals surface area (Å²) in [5.74, 6) is 0. The summed E-state index contributed by atoms with van der Waals surface area (Å²) in [7, 11) is 4.11. The van der Waals surface area contributed by atoms with Crippen LogP contribution in [0.25, 0.3) is 0 Å². The summed E-state index contributed by atoms with van der Waals surface area (Å²) < 4.78 is 0. The van der Waals surface area contributed by atoms with Crippen molar-refractivity contribution in [2.75, 3.05) is 25.5 Å². The maximum absolute atomic E-state index is 5.87. The number of benzene rings is 2. The van der Waals surface area contributed by atoms with Crippen molar-refractivity contribution in [3.8, 4) is 0 Å². The van der Waals surface area contributed by atoms with E-state index in [4.69, 9.17) is 11.6 Å². The SMILES string of the molecule is CN(C)c1ccc(CNCCc2ccc(Cl)cc2)cc1.Cl.Cl. The number of hydrogen-bond acceptors (Lipinski definition) is 2. The van der Waals surface area contributed by atoms with Crippen LogP contribution in [0.4, 0.5) is 5.69 Å². The van der Waals surface area contributed by atoms with Gasteiger partial charge in [0.05, 0.1) is 0 Å². The molecule has 0 spiro atoms. The fraction of sp³-hybridized carbons (Fsp3) is 0.294. The number of nitrogens with zero attached hydrogens (tertiary/aromatic N) is 1. The van der Waals surface area contributed by atoms with Crippen LogP contribution < -0.4 is 10.2 Å². The summed E-state index contributed by atoms with van der Waals surface area (Å²) in [6.07, 6.45) is 1.02. The predicted octanol–water partition coefficient (Wildman–Crippen LogP) is 4.58. The topological polar surface area (TPSA) is 15.3 Å². The van der Waals surface area contributed by atoms with E-state index in [9.17, 15) is 0 Å². The lowest BCUT2D eigenvalue weighted by molar-refractivity contribution is 0.687. The minimum Gasteiger partial charge on any atom is -0.378 e. The number of nitrogens with one attached hydrogen (secondary N) is 1. The van der Waals surface area contributed by atoms with Crippen molar-refractivity contribution in [3.63, 3.8) is 0 Å². The van der Waals surface area contributed by atoms with Gasteiger partial charge in [-0.15, -0.1) is 24.8 Å². The highest BCUT2D eigenvalue weighted by Crippen LogP contribution is 2.12. The van der Waals surface area contributed by atoms with Crippen molar-refractivity contribution in [1.82, 2.24) is 5.32 Å². The first-order valence-corrected chi connectivity index (χ1v) is 7.24. The molecule has 0 aliphatic heterocycles. The molecule has 0 bridgehead atoms. The number of halogens is 3. The third-order valence-corrected chi connectivity index (χ3v) is 3.54. The van der Waals surface area contributed by atoms with Crippen molar-refractivity contribution in [2.45, 2.75) is 13.0 Å². The maximum Gasteiger partial charge on any atom is 0.0406 e. The quantitative estimate of drug-likeness (QED) is 0.757. The Morgan fingerprint density at radius 3 is 1.95 bits per heavy atom. The molecule has 0 fully saturated rings. The number of hydrogen-bond donors (Lipinski definition) is 1. The van der Waals surface area contributed by atoms with Crippen LogP contribution in [0, 0.1) is 0 Å². The van der Waals surface area contributed by atoms with Gasteiger partial charge in [0.15, 0.2) is 0 Å². The van der Waals surface area contributed by atoms with Gasteiger partial charge >= 0.3 is 0 Å². The van der Waals surface area contributed by atoms with E-state index in [1.807, 2.05) is 12.1 Å². The van der Waals surface area contributed by atoms with Gasteiger partial charge in [-0.1, -0.05) is 35.9 Å². The average molecular weight is 362 g/mol. The Hall–Kier alpha value is -0.930. The van der Waals surface area contributed by atoms with Crippen molar-refractivity contribution >= 4 is 42.1 Å². The Kier molecular flexibility index (Phi) is 10.3. The predicted molar refractivity (Wildman–Crippen MR) is 102 cm³/mol. The van der Waals surface area contributed by atoms with E-state index in [1.54, 1.807) is 0 Å². The highest BCUT2D eigenvalue weighted by molar-refractivity contribution is 6.30. The summed E-state index contributed by atoms with van der Waals surface area (Å²) in [6, 6.07) is 16.7. The molecule has 0 aliphatic rings. The van der Waals surface area contributed by atoms with E-state index in [2.05, 4.69) is 60.7 Å². The minimum absolute atomic E-state index is 0.